The number of carbonyl (C=O) groups excluding carboxylic acids is 2. The summed E-state index contributed by atoms with van der Waals surface area (Å²) < 4.78 is 15.1. The molecule has 18 heavy (non-hydrogen) atoms. The number of carbonyl (C=O) groups is 2. The van der Waals surface area contributed by atoms with E-state index < -0.39 is 0 Å². The second-order valence-corrected chi connectivity index (χ2v) is 4.55. The molecule has 0 saturated carbocycles. The van der Waals surface area contributed by atoms with Gasteiger partial charge >= 0.3 is 11.9 Å². The Morgan fingerprint density at radius 2 is 2.11 bits per heavy atom. The van der Waals surface area contributed by atoms with Crippen molar-refractivity contribution in [3.63, 3.8) is 0 Å². The van der Waals surface area contributed by atoms with Gasteiger partial charge in [0.15, 0.2) is 0 Å². The molecule has 0 aromatic carbocycles. The molecular formula is C12H21NO5. The Morgan fingerprint density at radius 1 is 1.39 bits per heavy atom. The first-order valence-electron chi connectivity index (χ1n) is 6.11. The number of hydrogen-bond donors (Lipinski definition) is 0. The van der Waals surface area contributed by atoms with Crippen LogP contribution in [0.2, 0.25) is 0 Å². The van der Waals surface area contributed by atoms with Gasteiger partial charge in [-0.15, -0.1) is 0 Å². The van der Waals surface area contributed by atoms with E-state index >= 15 is 0 Å². The molecule has 104 valence electrons. The average Bonchev–Trinajstić information content (AvgIpc) is 2.28. The summed E-state index contributed by atoms with van der Waals surface area (Å²) in [6.45, 7) is 5.59. The van der Waals surface area contributed by atoms with Crippen LogP contribution in [0.4, 0.5) is 0 Å². The minimum atomic E-state index is -0.299. The van der Waals surface area contributed by atoms with Gasteiger partial charge < -0.3 is 14.2 Å². The van der Waals surface area contributed by atoms with E-state index in [9.17, 15) is 9.59 Å². The molecule has 0 amide bonds. The van der Waals surface area contributed by atoms with E-state index in [0.29, 0.717) is 19.7 Å². The number of morpholine rings is 1. The summed E-state index contributed by atoms with van der Waals surface area (Å²) in [5.41, 5.74) is 0. The Morgan fingerprint density at radius 3 is 2.72 bits per heavy atom. The van der Waals surface area contributed by atoms with E-state index in [-0.39, 0.29) is 37.1 Å². The second kappa shape index (κ2) is 7.33. The van der Waals surface area contributed by atoms with Gasteiger partial charge in [-0.25, -0.2) is 0 Å². The van der Waals surface area contributed by atoms with E-state index in [0.717, 1.165) is 0 Å². The Hall–Kier alpha value is -1.14. The Kier molecular flexibility index (Phi) is 6.07. The summed E-state index contributed by atoms with van der Waals surface area (Å²) in [7, 11) is 1.35. The molecule has 0 N–H and O–H groups in total. The van der Waals surface area contributed by atoms with Crippen molar-refractivity contribution in [1.82, 2.24) is 4.90 Å². The van der Waals surface area contributed by atoms with Crippen LogP contribution in [0.3, 0.4) is 0 Å². The van der Waals surface area contributed by atoms with Crippen molar-refractivity contribution in [2.24, 2.45) is 0 Å². The fraction of sp³-hybridized carbons (Fsp3) is 0.833. The second-order valence-electron chi connectivity index (χ2n) is 4.55. The molecule has 6 nitrogen and oxygen atoms in total. The third kappa shape index (κ3) is 5.46. The monoisotopic (exact) mass is 259 g/mol. The van der Waals surface area contributed by atoms with Crippen molar-refractivity contribution >= 4 is 11.9 Å². The zero-order chi connectivity index (χ0) is 13.5. The Labute approximate surface area is 107 Å². The summed E-state index contributed by atoms with van der Waals surface area (Å²) in [4.78, 5) is 24.6. The van der Waals surface area contributed by atoms with Crippen LogP contribution in [0.1, 0.15) is 20.3 Å². The maximum Gasteiger partial charge on any atom is 0.320 e. The molecule has 0 aromatic rings. The first-order chi connectivity index (χ1) is 8.51. The van der Waals surface area contributed by atoms with Gasteiger partial charge in [0.2, 0.25) is 0 Å². The van der Waals surface area contributed by atoms with Crippen molar-refractivity contribution in [2.75, 3.05) is 33.4 Å². The summed E-state index contributed by atoms with van der Waals surface area (Å²) >= 11 is 0. The molecule has 6 heteroatoms. The predicted octanol–water partition coefficient (Wildman–Crippen LogP) is 0.202. The van der Waals surface area contributed by atoms with Gasteiger partial charge in [-0.3, -0.25) is 14.5 Å². The highest BCUT2D eigenvalue weighted by molar-refractivity contribution is 5.72. The van der Waals surface area contributed by atoms with Gasteiger partial charge in [0.25, 0.3) is 0 Å². The summed E-state index contributed by atoms with van der Waals surface area (Å²) in [6.07, 6.45) is -0.103. The summed E-state index contributed by atoms with van der Waals surface area (Å²) in [5, 5.41) is 0. The van der Waals surface area contributed by atoms with Crippen molar-refractivity contribution in [3.8, 4) is 0 Å². The molecule has 0 spiro atoms. The lowest BCUT2D eigenvalue weighted by molar-refractivity contribution is -0.151. The quantitative estimate of drug-likeness (QED) is 0.657. The number of esters is 2. The van der Waals surface area contributed by atoms with Crippen LogP contribution in [0.15, 0.2) is 0 Å². The highest BCUT2D eigenvalue weighted by Gasteiger charge is 2.25. The van der Waals surface area contributed by atoms with Gasteiger partial charge in [-0.1, -0.05) is 0 Å². The zero-order valence-electron chi connectivity index (χ0n) is 11.2. The SMILES string of the molecule is COC(=O)CC1CN(CC(=O)OC(C)C)CCO1. The molecule has 0 aliphatic carbocycles. The van der Waals surface area contributed by atoms with Crippen LogP contribution in [0, 0.1) is 0 Å². The molecule has 1 rings (SSSR count). The smallest absolute Gasteiger partial charge is 0.320 e. The largest absolute Gasteiger partial charge is 0.469 e. The third-order valence-corrected chi connectivity index (χ3v) is 2.56. The molecule has 0 radical (unpaired) electrons. The average molecular weight is 259 g/mol. The number of ether oxygens (including phenoxy) is 3. The zero-order valence-corrected chi connectivity index (χ0v) is 11.2. The molecule has 1 aliphatic heterocycles. The minimum absolute atomic E-state index is 0.107. The Bertz CT molecular complexity index is 292. The fourth-order valence-electron chi connectivity index (χ4n) is 1.80. The van der Waals surface area contributed by atoms with E-state index in [1.54, 1.807) is 0 Å². The third-order valence-electron chi connectivity index (χ3n) is 2.56. The van der Waals surface area contributed by atoms with Gasteiger partial charge in [0.1, 0.15) is 0 Å². The van der Waals surface area contributed by atoms with Crippen molar-refractivity contribution in [3.05, 3.63) is 0 Å². The van der Waals surface area contributed by atoms with Gasteiger partial charge in [-0.05, 0) is 13.8 Å². The van der Waals surface area contributed by atoms with Crippen LogP contribution in [0.5, 0.6) is 0 Å². The van der Waals surface area contributed by atoms with Gasteiger partial charge in [-0.2, -0.15) is 0 Å². The molecule has 0 bridgehead atoms. The number of hydrogen-bond acceptors (Lipinski definition) is 6. The summed E-state index contributed by atoms with van der Waals surface area (Å²) in [5.74, 6) is -0.546. The molecule has 1 fully saturated rings. The molecule has 1 saturated heterocycles. The fourth-order valence-corrected chi connectivity index (χ4v) is 1.80. The first-order valence-corrected chi connectivity index (χ1v) is 6.11. The maximum atomic E-state index is 11.5. The molecule has 1 aliphatic rings. The van der Waals surface area contributed by atoms with E-state index in [4.69, 9.17) is 9.47 Å². The van der Waals surface area contributed by atoms with Crippen LogP contribution in [-0.2, 0) is 23.8 Å². The van der Waals surface area contributed by atoms with E-state index in [1.807, 2.05) is 18.7 Å². The molecule has 1 unspecified atom stereocenters. The molecule has 0 aromatic heterocycles. The standard InChI is InChI=1S/C12H21NO5/c1-9(2)18-12(15)8-13-4-5-17-10(7-13)6-11(14)16-3/h9-10H,4-8H2,1-3H3. The molecule has 1 atom stereocenters. The molecular weight excluding hydrogens is 238 g/mol. The topological polar surface area (TPSA) is 65.1 Å². The number of nitrogens with zero attached hydrogens (tertiary/aromatic N) is 1. The lowest BCUT2D eigenvalue weighted by Crippen LogP contribution is -2.45. The van der Waals surface area contributed by atoms with Crippen molar-refractivity contribution < 1.29 is 23.8 Å². The van der Waals surface area contributed by atoms with Crippen LogP contribution in [-0.4, -0.2) is 62.4 Å². The number of methoxy groups -OCH3 is 1. The van der Waals surface area contributed by atoms with Crippen LogP contribution in [0.25, 0.3) is 0 Å². The lowest BCUT2D eigenvalue weighted by atomic mass is 10.2. The maximum absolute atomic E-state index is 11.5. The van der Waals surface area contributed by atoms with Crippen molar-refractivity contribution in [1.29, 1.82) is 0 Å². The van der Waals surface area contributed by atoms with Crippen LogP contribution < -0.4 is 0 Å². The predicted molar refractivity (Wildman–Crippen MR) is 64.0 cm³/mol. The van der Waals surface area contributed by atoms with Gasteiger partial charge in [0, 0.05) is 13.1 Å². The van der Waals surface area contributed by atoms with E-state index in [2.05, 4.69) is 4.74 Å². The van der Waals surface area contributed by atoms with E-state index in [1.165, 1.54) is 7.11 Å². The van der Waals surface area contributed by atoms with Crippen molar-refractivity contribution in [2.45, 2.75) is 32.5 Å². The highest BCUT2D eigenvalue weighted by atomic mass is 16.5. The Balaban J connectivity index is 2.34. The van der Waals surface area contributed by atoms with Gasteiger partial charge in [0.05, 0.1) is 38.9 Å². The van der Waals surface area contributed by atoms with Crippen LogP contribution >= 0.6 is 0 Å². The molecule has 1 heterocycles. The first kappa shape index (κ1) is 14.9. The lowest BCUT2D eigenvalue weighted by Gasteiger charge is -2.31. The normalized spacial score (nSPS) is 20.8. The minimum Gasteiger partial charge on any atom is -0.469 e. The number of rotatable bonds is 5. The highest BCUT2D eigenvalue weighted by Crippen LogP contribution is 2.09. The summed E-state index contributed by atoms with van der Waals surface area (Å²) in [6, 6.07) is 0.